The molecule has 3 aromatic rings. The van der Waals surface area contributed by atoms with Gasteiger partial charge in [-0.15, -0.1) is 0 Å². The minimum Gasteiger partial charge on any atom is -0.455 e. The molecule has 242 valence electrons. The second kappa shape index (κ2) is 22.0. The van der Waals surface area contributed by atoms with E-state index in [1.54, 1.807) is 6.08 Å². The van der Waals surface area contributed by atoms with Gasteiger partial charge in [0.25, 0.3) is 0 Å². The molecule has 0 aromatic heterocycles. The molecular formula is C42H56O3. The fourth-order valence-electron chi connectivity index (χ4n) is 5.47. The zero-order valence-corrected chi connectivity index (χ0v) is 28.0. The van der Waals surface area contributed by atoms with E-state index in [9.17, 15) is 4.79 Å². The number of carbonyl (C=O) groups is 1. The zero-order chi connectivity index (χ0) is 32.0. The predicted octanol–water partition coefficient (Wildman–Crippen LogP) is 12.7. The molecule has 0 heterocycles. The van der Waals surface area contributed by atoms with Crippen LogP contribution in [0.15, 0.2) is 91.5 Å². The number of rotatable bonds is 24. The van der Waals surface area contributed by atoms with E-state index in [0.717, 1.165) is 41.0 Å². The summed E-state index contributed by atoms with van der Waals surface area (Å²) in [4.78, 5) is 12.4. The number of benzene rings is 3. The van der Waals surface area contributed by atoms with Gasteiger partial charge < -0.3 is 9.47 Å². The Kier molecular flexibility index (Phi) is 17.5. The molecule has 1 unspecified atom stereocenters. The van der Waals surface area contributed by atoms with Gasteiger partial charge in [0, 0.05) is 12.0 Å². The molecule has 0 amide bonds. The van der Waals surface area contributed by atoms with Crippen LogP contribution in [0.3, 0.4) is 0 Å². The van der Waals surface area contributed by atoms with Crippen LogP contribution in [0.25, 0.3) is 11.6 Å². The van der Waals surface area contributed by atoms with Crippen LogP contribution in [0.1, 0.15) is 138 Å². The second-order valence-electron chi connectivity index (χ2n) is 12.3. The lowest BCUT2D eigenvalue weighted by Gasteiger charge is -2.21. The Morgan fingerprint density at radius 3 is 1.58 bits per heavy atom. The first-order valence-electron chi connectivity index (χ1n) is 17.5. The Morgan fingerprint density at radius 1 is 0.622 bits per heavy atom. The maximum atomic E-state index is 12.4. The lowest BCUT2D eigenvalue weighted by molar-refractivity contribution is -0.00246. The fraction of sp³-hybridized carbons (Fsp3) is 0.452. The minimum absolute atomic E-state index is 0.00875. The highest BCUT2D eigenvalue weighted by Gasteiger charge is 2.13. The number of ether oxygens (including phenoxy) is 2. The van der Waals surface area contributed by atoms with E-state index in [1.807, 2.05) is 91.9 Å². The van der Waals surface area contributed by atoms with Gasteiger partial charge >= 0.3 is 0 Å². The van der Waals surface area contributed by atoms with Gasteiger partial charge in [-0.3, -0.25) is 4.79 Å². The molecule has 1 atom stereocenters. The largest absolute Gasteiger partial charge is 0.455 e. The summed E-state index contributed by atoms with van der Waals surface area (Å²) < 4.78 is 12.7. The zero-order valence-electron chi connectivity index (χ0n) is 28.0. The van der Waals surface area contributed by atoms with Gasteiger partial charge in [-0.05, 0) is 54.8 Å². The molecule has 0 spiro atoms. The summed E-state index contributed by atoms with van der Waals surface area (Å²) in [5.74, 6) is 1.54. The molecule has 3 heteroatoms. The third-order valence-electron chi connectivity index (χ3n) is 8.29. The highest BCUT2D eigenvalue weighted by molar-refractivity contribution is 6.06. The molecule has 3 nitrogen and oxygen atoms in total. The number of hydrogen-bond acceptors (Lipinski definition) is 3. The van der Waals surface area contributed by atoms with Gasteiger partial charge in [0.15, 0.2) is 5.78 Å². The molecule has 0 bridgehead atoms. The van der Waals surface area contributed by atoms with Crippen LogP contribution >= 0.6 is 0 Å². The smallest absolute Gasteiger partial charge is 0.241 e. The van der Waals surface area contributed by atoms with Crippen molar-refractivity contribution in [2.75, 3.05) is 0 Å². The Bertz CT molecular complexity index is 1240. The van der Waals surface area contributed by atoms with Crippen LogP contribution < -0.4 is 9.47 Å². The van der Waals surface area contributed by atoms with Crippen LogP contribution in [0.2, 0.25) is 0 Å². The summed E-state index contributed by atoms with van der Waals surface area (Å²) in [6.07, 6.45) is 24.1. The Labute approximate surface area is 273 Å². The van der Waals surface area contributed by atoms with Gasteiger partial charge in [0.2, 0.25) is 6.29 Å². The summed E-state index contributed by atoms with van der Waals surface area (Å²) >= 11 is 0. The van der Waals surface area contributed by atoms with Gasteiger partial charge in [-0.25, -0.2) is 0 Å². The van der Waals surface area contributed by atoms with E-state index in [1.165, 1.54) is 89.9 Å². The topological polar surface area (TPSA) is 35.5 Å². The number of ketones is 1. The fourth-order valence-corrected chi connectivity index (χ4v) is 5.47. The van der Waals surface area contributed by atoms with E-state index in [4.69, 9.17) is 9.47 Å². The molecule has 3 rings (SSSR count). The summed E-state index contributed by atoms with van der Waals surface area (Å²) in [6, 6.07) is 25.2. The van der Waals surface area contributed by atoms with Gasteiger partial charge in [0.1, 0.15) is 11.5 Å². The first-order valence-corrected chi connectivity index (χ1v) is 17.5. The molecule has 0 saturated carbocycles. The second-order valence-corrected chi connectivity index (χ2v) is 12.3. The van der Waals surface area contributed by atoms with E-state index in [0.29, 0.717) is 5.56 Å². The van der Waals surface area contributed by atoms with Crippen molar-refractivity contribution in [2.45, 2.75) is 123 Å². The summed E-state index contributed by atoms with van der Waals surface area (Å²) in [7, 11) is 0. The highest BCUT2D eigenvalue weighted by atomic mass is 16.7. The summed E-state index contributed by atoms with van der Waals surface area (Å²) in [5, 5.41) is 0. The van der Waals surface area contributed by atoms with Crippen molar-refractivity contribution in [1.29, 1.82) is 0 Å². The van der Waals surface area contributed by atoms with Crippen molar-refractivity contribution >= 4 is 17.4 Å². The molecule has 0 aliphatic rings. The van der Waals surface area contributed by atoms with E-state index in [2.05, 4.69) is 13.5 Å². The van der Waals surface area contributed by atoms with Crippen LogP contribution in [0.4, 0.5) is 0 Å². The summed E-state index contributed by atoms with van der Waals surface area (Å²) in [6.45, 7) is 8.32. The normalized spacial score (nSPS) is 11.9. The van der Waals surface area contributed by atoms with Crippen LogP contribution in [-0.2, 0) is 0 Å². The minimum atomic E-state index is -0.372. The first kappa shape index (κ1) is 35.9. The maximum Gasteiger partial charge on any atom is 0.241 e. The molecule has 3 aromatic carbocycles. The van der Waals surface area contributed by atoms with Crippen molar-refractivity contribution in [3.8, 4) is 11.5 Å². The standard InChI is InChI=1S/C42H56O3/c1-4-5-6-7-8-9-10-11-12-13-14-15-16-17-21-24-42(45-40-32-28-37(29-33-40)35(2)3)44-39-30-25-36(26-31-39)27-34-41(43)38-22-19-18-20-23-38/h18-20,22-23,25-34,42H,2,4-17,21,24H2,1,3H3. The molecule has 0 fully saturated rings. The molecule has 0 radical (unpaired) electrons. The van der Waals surface area contributed by atoms with Crippen molar-refractivity contribution in [3.05, 3.63) is 108 Å². The average molecular weight is 609 g/mol. The van der Waals surface area contributed by atoms with E-state index >= 15 is 0 Å². The van der Waals surface area contributed by atoms with E-state index in [-0.39, 0.29) is 12.1 Å². The van der Waals surface area contributed by atoms with Crippen molar-refractivity contribution in [1.82, 2.24) is 0 Å². The number of hydrogen-bond donors (Lipinski definition) is 0. The SMILES string of the molecule is C=C(C)c1ccc(OC(CCCCCCCCCCCCCCCCC)Oc2ccc(C=CC(=O)c3ccccc3)cc2)cc1. The predicted molar refractivity (Wildman–Crippen MR) is 192 cm³/mol. The highest BCUT2D eigenvalue weighted by Crippen LogP contribution is 2.23. The number of unbranched alkanes of at least 4 members (excludes halogenated alkanes) is 14. The molecular weight excluding hydrogens is 552 g/mol. The van der Waals surface area contributed by atoms with Gasteiger partial charge in [-0.1, -0.05) is 170 Å². The van der Waals surface area contributed by atoms with Crippen molar-refractivity contribution in [2.24, 2.45) is 0 Å². The van der Waals surface area contributed by atoms with Gasteiger partial charge in [-0.2, -0.15) is 0 Å². The molecule has 0 aliphatic heterocycles. The van der Waals surface area contributed by atoms with Crippen LogP contribution in [0.5, 0.6) is 11.5 Å². The first-order chi connectivity index (χ1) is 22.0. The molecule has 45 heavy (non-hydrogen) atoms. The monoisotopic (exact) mass is 608 g/mol. The Morgan fingerprint density at radius 2 is 1.09 bits per heavy atom. The van der Waals surface area contributed by atoms with Crippen LogP contribution in [-0.4, -0.2) is 12.1 Å². The lowest BCUT2D eigenvalue weighted by Crippen LogP contribution is -2.24. The number of allylic oxidation sites excluding steroid dienone is 2. The molecule has 0 saturated heterocycles. The van der Waals surface area contributed by atoms with Crippen LogP contribution in [0, 0.1) is 0 Å². The lowest BCUT2D eigenvalue weighted by atomic mass is 10.0. The third-order valence-corrected chi connectivity index (χ3v) is 8.29. The Hall–Kier alpha value is -3.59. The summed E-state index contributed by atoms with van der Waals surface area (Å²) in [5.41, 5.74) is 3.77. The number of carbonyl (C=O) groups excluding carboxylic acids is 1. The van der Waals surface area contributed by atoms with E-state index < -0.39 is 0 Å². The Balaban J connectivity index is 1.41. The average Bonchev–Trinajstić information content (AvgIpc) is 3.06. The maximum absolute atomic E-state index is 12.4. The van der Waals surface area contributed by atoms with Crippen molar-refractivity contribution < 1.29 is 14.3 Å². The molecule has 0 N–H and O–H groups in total. The third kappa shape index (κ3) is 15.3. The van der Waals surface area contributed by atoms with Gasteiger partial charge in [0.05, 0.1) is 0 Å². The van der Waals surface area contributed by atoms with Crippen molar-refractivity contribution in [3.63, 3.8) is 0 Å². The molecule has 0 aliphatic carbocycles. The quantitative estimate of drug-likeness (QED) is 0.0439.